The summed E-state index contributed by atoms with van der Waals surface area (Å²) in [5.41, 5.74) is 0.108. The number of nitrogens with zero attached hydrogens (tertiary/aromatic N) is 1. The number of carboxylic acids is 1. The van der Waals surface area contributed by atoms with Gasteiger partial charge < -0.3 is 9.84 Å². The summed E-state index contributed by atoms with van der Waals surface area (Å²) in [6.07, 6.45) is 4.71. The summed E-state index contributed by atoms with van der Waals surface area (Å²) >= 11 is 0. The second-order valence-electron chi connectivity index (χ2n) is 6.41. The van der Waals surface area contributed by atoms with Crippen LogP contribution in [-0.4, -0.2) is 42.2 Å². The second-order valence-corrected chi connectivity index (χ2v) is 6.41. The van der Waals surface area contributed by atoms with Crippen LogP contribution in [0.4, 0.5) is 0 Å². The van der Waals surface area contributed by atoms with Gasteiger partial charge in [0.1, 0.15) is 11.9 Å². The molecule has 0 unspecified atom stereocenters. The highest BCUT2D eigenvalue weighted by Crippen LogP contribution is 2.43. The topological polar surface area (TPSA) is 49.8 Å². The van der Waals surface area contributed by atoms with E-state index in [0.29, 0.717) is 12.8 Å². The van der Waals surface area contributed by atoms with Crippen LogP contribution >= 0.6 is 0 Å². The molecule has 2 aliphatic rings. The Bertz CT molecular complexity index is 517. The number of carbonyl (C=O) groups is 1. The van der Waals surface area contributed by atoms with E-state index in [1.165, 1.54) is 0 Å². The van der Waals surface area contributed by atoms with E-state index < -0.39 is 11.4 Å². The number of carboxylic acid groups (broad SMARTS) is 1. The predicted octanol–water partition coefficient (Wildman–Crippen LogP) is 2.67. The van der Waals surface area contributed by atoms with E-state index in [2.05, 4.69) is 11.9 Å². The third-order valence-electron chi connectivity index (χ3n) is 4.84. The highest BCUT2D eigenvalue weighted by Gasteiger charge is 2.43. The number of aliphatic carboxylic acids is 1. The van der Waals surface area contributed by atoms with Gasteiger partial charge >= 0.3 is 5.97 Å². The van der Waals surface area contributed by atoms with Gasteiger partial charge in [0.05, 0.1) is 5.41 Å². The highest BCUT2D eigenvalue weighted by atomic mass is 16.5. The van der Waals surface area contributed by atoms with Crippen molar-refractivity contribution >= 4 is 5.97 Å². The number of likely N-dealkylation sites (tertiary alicyclic amines) is 1. The highest BCUT2D eigenvalue weighted by molar-refractivity contribution is 5.82. The minimum atomic E-state index is -0.759. The molecule has 0 atom stereocenters. The molecule has 1 aromatic carbocycles. The molecule has 4 nitrogen and oxygen atoms in total. The maximum atomic E-state index is 12.0. The molecule has 3 rings (SSSR count). The van der Waals surface area contributed by atoms with Crippen LogP contribution in [-0.2, 0) is 10.2 Å². The molecule has 4 heteroatoms. The average Bonchev–Trinajstić information content (AvgIpc) is 2.47. The zero-order valence-corrected chi connectivity index (χ0v) is 12.5. The molecule has 2 fully saturated rings. The van der Waals surface area contributed by atoms with Crippen LogP contribution in [0.25, 0.3) is 0 Å². The van der Waals surface area contributed by atoms with Crippen molar-refractivity contribution in [3.8, 4) is 5.75 Å². The van der Waals surface area contributed by atoms with Crippen LogP contribution in [0, 0.1) is 0 Å². The van der Waals surface area contributed by atoms with Crippen molar-refractivity contribution in [2.75, 3.05) is 20.1 Å². The number of hydrogen-bond acceptors (Lipinski definition) is 3. The quantitative estimate of drug-likeness (QED) is 0.926. The summed E-state index contributed by atoms with van der Waals surface area (Å²) in [5, 5.41) is 9.85. The van der Waals surface area contributed by atoms with E-state index in [1.807, 2.05) is 24.3 Å². The monoisotopic (exact) mass is 289 g/mol. The number of ether oxygens (including phenoxy) is 1. The fourth-order valence-electron chi connectivity index (χ4n) is 3.61. The summed E-state index contributed by atoms with van der Waals surface area (Å²) < 4.78 is 6.08. The Balaban J connectivity index is 1.90. The van der Waals surface area contributed by atoms with Crippen molar-refractivity contribution < 1.29 is 14.6 Å². The Kier molecular flexibility index (Phi) is 3.89. The number of para-hydroxylation sites is 1. The van der Waals surface area contributed by atoms with Crippen molar-refractivity contribution in [2.24, 2.45) is 0 Å². The van der Waals surface area contributed by atoms with Gasteiger partial charge in [0, 0.05) is 18.7 Å². The minimum absolute atomic E-state index is 0.186. The van der Waals surface area contributed by atoms with Gasteiger partial charge in [-0.2, -0.15) is 0 Å². The van der Waals surface area contributed by atoms with E-state index in [1.54, 1.807) is 0 Å². The smallest absolute Gasteiger partial charge is 0.314 e. The number of rotatable bonds is 4. The van der Waals surface area contributed by atoms with E-state index in [9.17, 15) is 9.90 Å². The molecular formula is C17H23NO3. The van der Waals surface area contributed by atoms with E-state index >= 15 is 0 Å². The zero-order chi connectivity index (χ0) is 14.9. The fraction of sp³-hybridized carbons (Fsp3) is 0.588. The summed E-state index contributed by atoms with van der Waals surface area (Å²) in [4.78, 5) is 14.2. The second kappa shape index (κ2) is 5.68. The lowest BCUT2D eigenvalue weighted by molar-refractivity contribution is -0.145. The molecule has 1 aromatic rings. The van der Waals surface area contributed by atoms with E-state index in [0.717, 1.165) is 43.7 Å². The fourth-order valence-corrected chi connectivity index (χ4v) is 3.61. The molecular weight excluding hydrogens is 266 g/mol. The van der Waals surface area contributed by atoms with Crippen molar-refractivity contribution in [1.29, 1.82) is 0 Å². The zero-order valence-electron chi connectivity index (χ0n) is 12.5. The Morgan fingerprint density at radius 1 is 1.24 bits per heavy atom. The predicted molar refractivity (Wildman–Crippen MR) is 80.8 cm³/mol. The summed E-state index contributed by atoms with van der Waals surface area (Å²) in [6, 6.07) is 7.72. The van der Waals surface area contributed by atoms with Crippen LogP contribution in [0.15, 0.2) is 24.3 Å². The lowest BCUT2D eigenvalue weighted by Gasteiger charge is -2.39. The first-order chi connectivity index (χ1) is 10.1. The van der Waals surface area contributed by atoms with Gasteiger partial charge in [0.2, 0.25) is 0 Å². The van der Waals surface area contributed by atoms with Crippen molar-refractivity contribution in [3.05, 3.63) is 29.8 Å². The number of hydrogen-bond donors (Lipinski definition) is 1. The molecule has 1 aliphatic heterocycles. The molecule has 0 amide bonds. The maximum Gasteiger partial charge on any atom is 0.314 e. The van der Waals surface area contributed by atoms with Crippen molar-refractivity contribution in [2.45, 2.75) is 43.6 Å². The van der Waals surface area contributed by atoms with Gasteiger partial charge in [-0.3, -0.25) is 9.69 Å². The molecule has 1 heterocycles. The molecule has 0 spiro atoms. The van der Waals surface area contributed by atoms with Crippen LogP contribution in [0.5, 0.6) is 5.75 Å². The van der Waals surface area contributed by atoms with Gasteiger partial charge in [-0.05, 0) is 26.0 Å². The van der Waals surface area contributed by atoms with Crippen LogP contribution in [0.1, 0.15) is 37.7 Å². The summed E-state index contributed by atoms with van der Waals surface area (Å²) in [6.45, 7) is 1.82. The Morgan fingerprint density at radius 3 is 2.52 bits per heavy atom. The van der Waals surface area contributed by atoms with Gasteiger partial charge in [-0.15, -0.1) is 0 Å². The third-order valence-corrected chi connectivity index (χ3v) is 4.84. The van der Waals surface area contributed by atoms with E-state index in [-0.39, 0.29) is 6.10 Å². The molecule has 114 valence electrons. The van der Waals surface area contributed by atoms with Crippen LogP contribution in [0.3, 0.4) is 0 Å². The molecule has 1 aliphatic carbocycles. The Morgan fingerprint density at radius 2 is 1.90 bits per heavy atom. The molecule has 0 radical (unpaired) electrons. The third kappa shape index (κ3) is 2.64. The Labute approximate surface area is 125 Å². The van der Waals surface area contributed by atoms with Gasteiger partial charge in [-0.25, -0.2) is 0 Å². The lowest BCUT2D eigenvalue weighted by Crippen LogP contribution is -2.51. The first-order valence-corrected chi connectivity index (χ1v) is 7.80. The average molecular weight is 289 g/mol. The number of benzene rings is 1. The number of likely N-dealkylation sites (N-methyl/N-ethyl adjacent to an activating group) is 1. The largest absolute Gasteiger partial charge is 0.487 e. The first kappa shape index (κ1) is 14.4. The first-order valence-electron chi connectivity index (χ1n) is 7.80. The standard InChI is InChI=1S/C17H23NO3/c1-18-11-13(12-18)21-15-8-4-3-7-14(15)17(16(19)20)9-5-2-6-10-17/h3-4,7-8,13H,2,5-6,9-12H2,1H3,(H,19,20). The summed E-state index contributed by atoms with van der Waals surface area (Å²) in [5.74, 6) is 0.0591. The normalized spacial score (nSPS) is 22.5. The van der Waals surface area contributed by atoms with Crippen molar-refractivity contribution in [1.82, 2.24) is 4.90 Å². The molecule has 21 heavy (non-hydrogen) atoms. The molecule has 0 aromatic heterocycles. The van der Waals surface area contributed by atoms with E-state index in [4.69, 9.17) is 4.74 Å². The van der Waals surface area contributed by atoms with Gasteiger partial charge in [0.25, 0.3) is 0 Å². The molecule has 1 saturated heterocycles. The van der Waals surface area contributed by atoms with Gasteiger partial charge in [0.15, 0.2) is 0 Å². The van der Waals surface area contributed by atoms with Crippen molar-refractivity contribution in [3.63, 3.8) is 0 Å². The Hall–Kier alpha value is -1.55. The minimum Gasteiger partial charge on any atom is -0.487 e. The maximum absolute atomic E-state index is 12.0. The van der Waals surface area contributed by atoms with Crippen LogP contribution < -0.4 is 4.74 Å². The summed E-state index contributed by atoms with van der Waals surface area (Å²) in [7, 11) is 2.06. The molecule has 1 N–H and O–H groups in total. The molecule has 1 saturated carbocycles. The SMILES string of the molecule is CN1CC(Oc2ccccc2C2(C(=O)O)CCCCC2)C1. The van der Waals surface area contributed by atoms with Gasteiger partial charge in [-0.1, -0.05) is 37.5 Å². The van der Waals surface area contributed by atoms with Crippen LogP contribution in [0.2, 0.25) is 0 Å². The molecule has 0 bridgehead atoms. The lowest BCUT2D eigenvalue weighted by atomic mass is 9.69.